The first-order valence-corrected chi connectivity index (χ1v) is 8.17. The molecule has 1 aliphatic rings. The van der Waals surface area contributed by atoms with Crippen LogP contribution in [0.2, 0.25) is 0 Å². The van der Waals surface area contributed by atoms with Crippen LogP contribution in [-0.2, 0) is 4.74 Å². The molecule has 6 heteroatoms. The van der Waals surface area contributed by atoms with Crippen LogP contribution in [0.15, 0.2) is 18.2 Å². The lowest BCUT2D eigenvalue weighted by Gasteiger charge is -2.43. The van der Waals surface area contributed by atoms with Gasteiger partial charge in [-0.15, -0.1) is 0 Å². The third-order valence-corrected chi connectivity index (χ3v) is 4.89. The zero-order valence-corrected chi connectivity index (χ0v) is 14.9. The van der Waals surface area contributed by atoms with Crippen molar-refractivity contribution < 1.29 is 24.1 Å². The third-order valence-electron chi connectivity index (χ3n) is 4.89. The van der Waals surface area contributed by atoms with E-state index in [4.69, 9.17) is 14.2 Å². The minimum absolute atomic E-state index is 0.0260. The maximum absolute atomic E-state index is 12.9. The van der Waals surface area contributed by atoms with Gasteiger partial charge in [-0.05, 0) is 31.0 Å². The molecule has 1 heterocycles. The number of benzene rings is 1. The van der Waals surface area contributed by atoms with E-state index in [0.29, 0.717) is 49.6 Å². The predicted octanol–water partition coefficient (Wildman–Crippen LogP) is 1.95. The van der Waals surface area contributed by atoms with Crippen molar-refractivity contribution in [2.45, 2.75) is 25.4 Å². The molecule has 0 radical (unpaired) electrons. The Morgan fingerprint density at radius 2 is 2.08 bits per heavy atom. The summed E-state index contributed by atoms with van der Waals surface area (Å²) < 4.78 is 15.6. The Balaban J connectivity index is 2.15. The van der Waals surface area contributed by atoms with Gasteiger partial charge in [-0.2, -0.15) is 0 Å². The molecule has 1 aliphatic heterocycles. The van der Waals surface area contributed by atoms with Gasteiger partial charge < -0.3 is 24.2 Å². The fourth-order valence-corrected chi connectivity index (χ4v) is 3.15. The molecule has 134 valence electrons. The minimum Gasteiger partial charge on any atom is -0.497 e. The Morgan fingerprint density at radius 3 is 2.67 bits per heavy atom. The summed E-state index contributed by atoms with van der Waals surface area (Å²) in [5.74, 6) is 1.00. The first-order valence-electron chi connectivity index (χ1n) is 8.17. The van der Waals surface area contributed by atoms with Gasteiger partial charge >= 0.3 is 0 Å². The lowest BCUT2D eigenvalue weighted by atomic mass is 9.79. The molecule has 1 saturated heterocycles. The van der Waals surface area contributed by atoms with Crippen LogP contribution in [0.3, 0.4) is 0 Å². The second-order valence-electron chi connectivity index (χ2n) is 6.31. The van der Waals surface area contributed by atoms with Crippen LogP contribution in [-0.4, -0.2) is 62.5 Å². The molecule has 2 atom stereocenters. The Kier molecular flexibility index (Phi) is 6.07. The predicted molar refractivity (Wildman–Crippen MR) is 90.7 cm³/mol. The second-order valence-corrected chi connectivity index (χ2v) is 6.31. The Hall–Kier alpha value is -1.79. The summed E-state index contributed by atoms with van der Waals surface area (Å²) in [6, 6.07) is 5.18. The van der Waals surface area contributed by atoms with Gasteiger partial charge in [-0.25, -0.2) is 0 Å². The van der Waals surface area contributed by atoms with E-state index in [1.54, 1.807) is 44.4 Å². The fourth-order valence-electron chi connectivity index (χ4n) is 3.15. The van der Waals surface area contributed by atoms with Gasteiger partial charge in [0.1, 0.15) is 11.5 Å². The molecule has 1 fully saturated rings. The summed E-state index contributed by atoms with van der Waals surface area (Å²) in [4.78, 5) is 14.7. The Labute approximate surface area is 143 Å². The topological polar surface area (TPSA) is 68.2 Å². The van der Waals surface area contributed by atoms with Crippen LogP contribution >= 0.6 is 0 Å². The highest BCUT2D eigenvalue weighted by Crippen LogP contribution is 2.33. The van der Waals surface area contributed by atoms with Gasteiger partial charge in [-0.3, -0.25) is 4.79 Å². The van der Waals surface area contributed by atoms with Crippen LogP contribution in [0.1, 0.15) is 30.1 Å². The van der Waals surface area contributed by atoms with E-state index in [9.17, 15) is 9.90 Å². The molecule has 1 aromatic carbocycles. The number of hydrogen-bond acceptors (Lipinski definition) is 5. The maximum atomic E-state index is 12.9. The normalized spacial score (nSPS) is 23.9. The second kappa shape index (κ2) is 7.85. The van der Waals surface area contributed by atoms with Crippen LogP contribution in [0.25, 0.3) is 0 Å². The SMILES string of the molecule is COCC[C@@]1(O)CCN(C(=O)c2cc(OC)ccc2OC)C[C@@H]1C. The number of likely N-dealkylation sites (tertiary alicyclic amines) is 1. The zero-order chi connectivity index (χ0) is 17.7. The summed E-state index contributed by atoms with van der Waals surface area (Å²) in [5, 5.41) is 10.8. The van der Waals surface area contributed by atoms with Crippen molar-refractivity contribution >= 4 is 5.91 Å². The monoisotopic (exact) mass is 337 g/mol. The molecular weight excluding hydrogens is 310 g/mol. The molecule has 0 aliphatic carbocycles. The van der Waals surface area contributed by atoms with Gasteiger partial charge in [0.05, 0.1) is 25.4 Å². The van der Waals surface area contributed by atoms with Crippen molar-refractivity contribution in [3.8, 4) is 11.5 Å². The fraction of sp³-hybridized carbons (Fsp3) is 0.611. The van der Waals surface area contributed by atoms with Crippen molar-refractivity contribution in [3.63, 3.8) is 0 Å². The highest BCUT2D eigenvalue weighted by molar-refractivity contribution is 5.97. The van der Waals surface area contributed by atoms with Crippen molar-refractivity contribution in [3.05, 3.63) is 23.8 Å². The Morgan fingerprint density at radius 1 is 1.33 bits per heavy atom. The van der Waals surface area contributed by atoms with Crippen molar-refractivity contribution in [2.75, 3.05) is 41.0 Å². The van der Waals surface area contributed by atoms with Crippen LogP contribution in [0.5, 0.6) is 11.5 Å². The highest BCUT2D eigenvalue weighted by Gasteiger charge is 2.40. The summed E-state index contributed by atoms with van der Waals surface area (Å²) >= 11 is 0. The van der Waals surface area contributed by atoms with E-state index >= 15 is 0 Å². The largest absolute Gasteiger partial charge is 0.497 e. The standard InChI is InChI=1S/C18H27NO5/c1-13-12-19(9-7-18(13,21)8-10-22-2)17(20)15-11-14(23-3)5-6-16(15)24-4/h5-6,11,13,21H,7-10,12H2,1-4H3/t13-,18-/m0/s1. The van der Waals surface area contributed by atoms with Gasteiger partial charge in [0, 0.05) is 32.7 Å². The molecule has 24 heavy (non-hydrogen) atoms. The van der Waals surface area contributed by atoms with Gasteiger partial charge in [0.25, 0.3) is 5.91 Å². The van der Waals surface area contributed by atoms with Crippen molar-refractivity contribution in [2.24, 2.45) is 5.92 Å². The number of methoxy groups -OCH3 is 3. The number of carbonyl (C=O) groups excluding carboxylic acids is 1. The number of amides is 1. The first-order chi connectivity index (χ1) is 11.4. The smallest absolute Gasteiger partial charge is 0.257 e. The van der Waals surface area contributed by atoms with E-state index in [2.05, 4.69) is 0 Å². The molecule has 1 aromatic rings. The highest BCUT2D eigenvalue weighted by atomic mass is 16.5. The number of carbonyl (C=O) groups is 1. The summed E-state index contributed by atoms with van der Waals surface area (Å²) in [6.07, 6.45) is 1.12. The van der Waals surface area contributed by atoms with Gasteiger partial charge in [0.2, 0.25) is 0 Å². The average Bonchev–Trinajstić information content (AvgIpc) is 2.61. The number of hydrogen-bond donors (Lipinski definition) is 1. The first kappa shape index (κ1) is 18.5. The minimum atomic E-state index is -0.786. The molecule has 0 saturated carbocycles. The number of rotatable bonds is 6. The van der Waals surface area contributed by atoms with E-state index in [0.717, 1.165) is 0 Å². The molecule has 0 spiro atoms. The number of nitrogens with zero attached hydrogens (tertiary/aromatic N) is 1. The molecule has 2 rings (SSSR count). The molecule has 1 amide bonds. The van der Waals surface area contributed by atoms with E-state index in [1.165, 1.54) is 0 Å². The number of ether oxygens (including phenoxy) is 3. The summed E-state index contributed by atoms with van der Waals surface area (Å²) in [6.45, 7) is 3.49. The van der Waals surface area contributed by atoms with E-state index in [1.807, 2.05) is 6.92 Å². The third kappa shape index (κ3) is 3.82. The quantitative estimate of drug-likeness (QED) is 0.859. The van der Waals surface area contributed by atoms with E-state index < -0.39 is 5.60 Å². The number of aliphatic hydroxyl groups is 1. The molecule has 0 unspecified atom stereocenters. The van der Waals surface area contributed by atoms with E-state index in [-0.39, 0.29) is 11.8 Å². The maximum Gasteiger partial charge on any atom is 0.257 e. The van der Waals surface area contributed by atoms with Crippen LogP contribution in [0.4, 0.5) is 0 Å². The molecule has 6 nitrogen and oxygen atoms in total. The number of piperidine rings is 1. The summed E-state index contributed by atoms with van der Waals surface area (Å²) in [7, 11) is 4.73. The van der Waals surface area contributed by atoms with Crippen molar-refractivity contribution in [1.82, 2.24) is 4.90 Å². The zero-order valence-electron chi connectivity index (χ0n) is 14.9. The molecule has 0 aromatic heterocycles. The molecule has 1 N–H and O–H groups in total. The van der Waals surface area contributed by atoms with Crippen molar-refractivity contribution in [1.29, 1.82) is 0 Å². The Bertz CT molecular complexity index is 577. The van der Waals surface area contributed by atoms with Crippen LogP contribution in [0, 0.1) is 5.92 Å². The lowest BCUT2D eigenvalue weighted by molar-refractivity contribution is -0.0750. The average molecular weight is 337 g/mol. The molecule has 0 bridgehead atoms. The molecular formula is C18H27NO5. The summed E-state index contributed by atoms with van der Waals surface area (Å²) in [5.41, 5.74) is -0.308. The van der Waals surface area contributed by atoms with Crippen LogP contribution < -0.4 is 9.47 Å². The van der Waals surface area contributed by atoms with Gasteiger partial charge in [-0.1, -0.05) is 6.92 Å². The lowest BCUT2D eigenvalue weighted by Crippen LogP contribution is -2.52. The van der Waals surface area contributed by atoms with Gasteiger partial charge in [0.15, 0.2) is 0 Å².